The average Bonchev–Trinajstić information content (AvgIpc) is 2.34. The first-order chi connectivity index (χ1) is 9.23. The van der Waals surface area contributed by atoms with Crippen molar-refractivity contribution in [1.82, 2.24) is 5.32 Å². The van der Waals surface area contributed by atoms with Crippen LogP contribution < -0.4 is 10.2 Å². The quantitative estimate of drug-likeness (QED) is 0.912. The van der Waals surface area contributed by atoms with Gasteiger partial charge in [-0.1, -0.05) is 29.8 Å². The molecule has 6 heteroatoms. The largest absolute Gasteiger partial charge is 0.344 e. The molecule has 0 radical (unpaired) electrons. The Morgan fingerprint density at radius 2 is 1.95 bits per heavy atom. The lowest BCUT2D eigenvalue weighted by atomic mass is 10.0. The van der Waals surface area contributed by atoms with Gasteiger partial charge in [-0.05, 0) is 24.1 Å². The van der Waals surface area contributed by atoms with Crippen molar-refractivity contribution in [2.45, 2.75) is 26.8 Å². The molecule has 4 nitrogen and oxygen atoms in total. The highest BCUT2D eigenvalue weighted by atomic mass is 79.9. The smallest absolute Gasteiger partial charge is 0.249 e. The van der Waals surface area contributed by atoms with Gasteiger partial charge in [-0.15, -0.1) is 0 Å². The minimum atomic E-state index is -0.680. The Balaban J connectivity index is 3.01. The van der Waals surface area contributed by atoms with Gasteiger partial charge in [0.1, 0.15) is 11.9 Å². The van der Waals surface area contributed by atoms with Crippen LogP contribution in [0.2, 0.25) is 0 Å². The van der Waals surface area contributed by atoms with Crippen LogP contribution in [0.1, 0.15) is 20.8 Å². The molecule has 0 aliphatic carbocycles. The maximum atomic E-state index is 13.9. The summed E-state index contributed by atoms with van der Waals surface area (Å²) in [6.07, 6.45) is 0. The van der Waals surface area contributed by atoms with Crippen LogP contribution in [0.4, 0.5) is 10.1 Å². The van der Waals surface area contributed by atoms with Gasteiger partial charge in [-0.2, -0.15) is 0 Å². The highest BCUT2D eigenvalue weighted by molar-refractivity contribution is 9.10. The van der Waals surface area contributed by atoms with E-state index in [1.54, 1.807) is 6.07 Å². The van der Waals surface area contributed by atoms with Crippen LogP contribution in [-0.2, 0) is 9.59 Å². The van der Waals surface area contributed by atoms with E-state index in [2.05, 4.69) is 21.2 Å². The Bertz CT molecular complexity index is 520. The first kappa shape index (κ1) is 16.6. The zero-order valence-electron chi connectivity index (χ0n) is 11.9. The maximum absolute atomic E-state index is 13.9. The van der Waals surface area contributed by atoms with E-state index in [-0.39, 0.29) is 23.4 Å². The summed E-state index contributed by atoms with van der Waals surface area (Å²) in [4.78, 5) is 24.8. The van der Waals surface area contributed by atoms with E-state index < -0.39 is 11.9 Å². The number of nitrogens with one attached hydrogen (secondary N) is 1. The molecule has 110 valence electrons. The van der Waals surface area contributed by atoms with Gasteiger partial charge in [0, 0.05) is 18.4 Å². The molecule has 1 unspecified atom stereocenters. The number of hydrogen-bond donors (Lipinski definition) is 1. The number of hydrogen-bond acceptors (Lipinski definition) is 2. The predicted molar refractivity (Wildman–Crippen MR) is 80.0 cm³/mol. The molecule has 1 aromatic rings. The zero-order chi connectivity index (χ0) is 15.4. The number of benzene rings is 1. The highest BCUT2D eigenvalue weighted by Gasteiger charge is 2.27. The van der Waals surface area contributed by atoms with Crippen molar-refractivity contribution in [2.75, 3.05) is 11.9 Å². The minimum absolute atomic E-state index is 0.0904. The summed E-state index contributed by atoms with van der Waals surface area (Å²) < 4.78 is 14.5. The molecule has 0 aliphatic rings. The number of anilines is 1. The van der Waals surface area contributed by atoms with Crippen molar-refractivity contribution in [3.05, 3.63) is 28.5 Å². The molecule has 0 aliphatic heterocycles. The van der Waals surface area contributed by atoms with Gasteiger partial charge >= 0.3 is 0 Å². The number of carbonyl (C=O) groups is 2. The number of likely N-dealkylation sites (N-methyl/N-ethyl adjacent to an activating group) is 1. The molecule has 0 fully saturated rings. The molecular weight excluding hydrogens is 327 g/mol. The van der Waals surface area contributed by atoms with Gasteiger partial charge in [0.05, 0.1) is 5.69 Å². The van der Waals surface area contributed by atoms with Crippen molar-refractivity contribution >= 4 is 33.4 Å². The standard InChI is InChI=1S/C14H18BrFN2O2/c1-8(2)13(17-9(3)19)14(20)18(4)12-6-5-10(15)7-11(12)16/h5-8,13H,1-4H3,(H,17,19). The number of carbonyl (C=O) groups excluding carboxylic acids is 2. The molecule has 0 saturated carbocycles. The molecule has 0 bridgehead atoms. The molecule has 1 N–H and O–H groups in total. The molecule has 0 spiro atoms. The Morgan fingerprint density at radius 1 is 1.35 bits per heavy atom. The van der Waals surface area contributed by atoms with E-state index >= 15 is 0 Å². The zero-order valence-corrected chi connectivity index (χ0v) is 13.5. The van der Waals surface area contributed by atoms with Crippen molar-refractivity contribution < 1.29 is 14.0 Å². The second-order valence-electron chi connectivity index (χ2n) is 4.92. The monoisotopic (exact) mass is 344 g/mol. The Morgan fingerprint density at radius 3 is 2.40 bits per heavy atom. The SMILES string of the molecule is CC(=O)NC(C(=O)N(C)c1ccc(Br)cc1F)C(C)C. The van der Waals surface area contributed by atoms with E-state index in [0.29, 0.717) is 4.47 Å². The van der Waals surface area contributed by atoms with Gasteiger partial charge in [0.2, 0.25) is 11.8 Å². The van der Waals surface area contributed by atoms with E-state index in [0.717, 1.165) is 0 Å². The predicted octanol–water partition coefficient (Wildman–Crippen LogP) is 2.71. The average molecular weight is 345 g/mol. The number of nitrogens with zero attached hydrogens (tertiary/aromatic N) is 1. The van der Waals surface area contributed by atoms with Crippen LogP contribution in [0.5, 0.6) is 0 Å². The van der Waals surface area contributed by atoms with Crippen molar-refractivity contribution in [2.24, 2.45) is 5.92 Å². The van der Waals surface area contributed by atoms with Crippen LogP contribution in [0.3, 0.4) is 0 Å². The molecule has 2 amide bonds. The molecular formula is C14H18BrFN2O2. The summed E-state index contributed by atoms with van der Waals surface area (Å²) in [5, 5.41) is 2.60. The van der Waals surface area contributed by atoms with Crippen molar-refractivity contribution in [3.63, 3.8) is 0 Å². The third-order valence-electron chi connectivity index (χ3n) is 2.89. The second kappa shape index (κ2) is 6.83. The molecule has 1 aromatic carbocycles. The van der Waals surface area contributed by atoms with Crippen LogP contribution in [0, 0.1) is 11.7 Å². The molecule has 0 heterocycles. The van der Waals surface area contributed by atoms with E-state index in [9.17, 15) is 14.0 Å². The minimum Gasteiger partial charge on any atom is -0.344 e. The number of amides is 2. The van der Waals surface area contributed by atoms with Gasteiger partial charge in [0.25, 0.3) is 0 Å². The fourth-order valence-electron chi connectivity index (χ4n) is 1.81. The lowest BCUT2D eigenvalue weighted by Crippen LogP contribution is -2.50. The molecule has 20 heavy (non-hydrogen) atoms. The number of rotatable bonds is 4. The van der Waals surface area contributed by atoms with Crippen LogP contribution in [0.25, 0.3) is 0 Å². The Kier molecular flexibility index (Phi) is 5.68. The highest BCUT2D eigenvalue weighted by Crippen LogP contribution is 2.23. The summed E-state index contributed by atoms with van der Waals surface area (Å²) in [5.74, 6) is -1.23. The van der Waals surface area contributed by atoms with Crippen LogP contribution in [0.15, 0.2) is 22.7 Å². The second-order valence-corrected chi connectivity index (χ2v) is 5.83. The van der Waals surface area contributed by atoms with E-state index in [4.69, 9.17) is 0 Å². The third kappa shape index (κ3) is 4.03. The Labute approximate surface area is 126 Å². The van der Waals surface area contributed by atoms with Gasteiger partial charge in [-0.3, -0.25) is 9.59 Å². The molecule has 0 aromatic heterocycles. The Hall–Kier alpha value is -1.43. The van der Waals surface area contributed by atoms with Crippen LogP contribution in [-0.4, -0.2) is 24.9 Å². The fourth-order valence-corrected chi connectivity index (χ4v) is 2.15. The summed E-state index contributed by atoms with van der Waals surface area (Å²) in [5.41, 5.74) is 0.175. The normalized spacial score (nSPS) is 12.2. The molecule has 0 saturated heterocycles. The first-order valence-corrected chi connectivity index (χ1v) is 7.03. The molecule has 1 atom stereocenters. The van der Waals surface area contributed by atoms with Crippen molar-refractivity contribution in [1.29, 1.82) is 0 Å². The summed E-state index contributed by atoms with van der Waals surface area (Å²) >= 11 is 3.17. The maximum Gasteiger partial charge on any atom is 0.249 e. The topological polar surface area (TPSA) is 49.4 Å². The van der Waals surface area contributed by atoms with Gasteiger partial charge < -0.3 is 10.2 Å². The van der Waals surface area contributed by atoms with E-state index in [1.165, 1.54) is 31.0 Å². The first-order valence-electron chi connectivity index (χ1n) is 6.23. The molecule has 1 rings (SSSR count). The third-order valence-corrected chi connectivity index (χ3v) is 3.39. The van der Waals surface area contributed by atoms with Gasteiger partial charge in [-0.25, -0.2) is 4.39 Å². The summed E-state index contributed by atoms with van der Waals surface area (Å²) in [6, 6.07) is 3.79. The van der Waals surface area contributed by atoms with Crippen LogP contribution >= 0.6 is 15.9 Å². The lowest BCUT2D eigenvalue weighted by molar-refractivity contribution is -0.127. The lowest BCUT2D eigenvalue weighted by Gasteiger charge is -2.27. The number of halogens is 2. The van der Waals surface area contributed by atoms with E-state index in [1.807, 2.05) is 13.8 Å². The van der Waals surface area contributed by atoms with Gasteiger partial charge in [0.15, 0.2) is 0 Å². The summed E-state index contributed by atoms with van der Waals surface area (Å²) in [6.45, 7) is 5.00. The summed E-state index contributed by atoms with van der Waals surface area (Å²) in [7, 11) is 1.49. The van der Waals surface area contributed by atoms with Crippen molar-refractivity contribution in [3.8, 4) is 0 Å². The fraction of sp³-hybridized carbons (Fsp3) is 0.429.